The van der Waals surface area contributed by atoms with Crippen LogP contribution in [0.25, 0.3) is 0 Å². The number of carboxylic acids is 1. The first-order valence-corrected chi connectivity index (χ1v) is 6.16. The lowest BCUT2D eigenvalue weighted by Crippen LogP contribution is -2.18. The van der Waals surface area contributed by atoms with Crippen molar-refractivity contribution < 1.29 is 23.8 Å². The van der Waals surface area contributed by atoms with Gasteiger partial charge in [-0.2, -0.15) is 0 Å². The molecule has 2 atom stereocenters. The molecule has 0 unspecified atom stereocenters. The minimum absolute atomic E-state index is 0.0128. The molecule has 5 nitrogen and oxygen atoms in total. The van der Waals surface area contributed by atoms with Crippen LogP contribution in [-0.4, -0.2) is 24.1 Å². The number of aliphatic carboxylic acids is 1. The fraction of sp³-hybridized carbons (Fsp3) is 0.429. The number of methoxy groups -OCH3 is 1. The monoisotopic (exact) mass is 281 g/mol. The van der Waals surface area contributed by atoms with Crippen LogP contribution in [0.2, 0.25) is 0 Å². The SMILES string of the molecule is COc1ccc(F)c(NC(=O)[C@H]2[C@@H](C(=O)O)C2(C)C)c1. The lowest BCUT2D eigenvalue weighted by Gasteiger charge is -2.09. The largest absolute Gasteiger partial charge is 0.497 e. The number of carbonyl (C=O) groups excluding carboxylic acids is 1. The molecule has 0 spiro atoms. The van der Waals surface area contributed by atoms with Gasteiger partial charge in [0.25, 0.3) is 0 Å². The highest BCUT2D eigenvalue weighted by Gasteiger charge is 2.65. The van der Waals surface area contributed by atoms with E-state index in [1.54, 1.807) is 13.8 Å². The van der Waals surface area contributed by atoms with Crippen LogP contribution < -0.4 is 10.1 Å². The van der Waals surface area contributed by atoms with Crippen LogP contribution in [0.4, 0.5) is 10.1 Å². The molecule has 2 rings (SSSR count). The zero-order valence-corrected chi connectivity index (χ0v) is 11.4. The molecule has 20 heavy (non-hydrogen) atoms. The van der Waals surface area contributed by atoms with Gasteiger partial charge in [0.05, 0.1) is 24.6 Å². The second kappa shape index (κ2) is 4.77. The summed E-state index contributed by atoms with van der Waals surface area (Å²) >= 11 is 0. The maximum Gasteiger partial charge on any atom is 0.307 e. The summed E-state index contributed by atoms with van der Waals surface area (Å²) in [4.78, 5) is 23.1. The minimum atomic E-state index is -1.01. The Balaban J connectivity index is 2.15. The predicted octanol–water partition coefficient (Wildman–Crippen LogP) is 2.13. The summed E-state index contributed by atoms with van der Waals surface area (Å²) in [5.74, 6) is -3.09. The summed E-state index contributed by atoms with van der Waals surface area (Å²) in [5.41, 5.74) is -0.633. The van der Waals surface area contributed by atoms with E-state index in [1.165, 1.54) is 25.3 Å². The smallest absolute Gasteiger partial charge is 0.307 e. The van der Waals surface area contributed by atoms with Gasteiger partial charge in [-0.1, -0.05) is 13.8 Å². The normalized spacial score (nSPS) is 23.0. The van der Waals surface area contributed by atoms with Gasteiger partial charge in [-0.15, -0.1) is 0 Å². The number of nitrogens with one attached hydrogen (secondary N) is 1. The Bertz CT molecular complexity index is 570. The molecular weight excluding hydrogens is 265 g/mol. The molecule has 1 aliphatic rings. The summed E-state index contributed by atoms with van der Waals surface area (Å²) < 4.78 is 18.6. The average Bonchev–Trinajstić information content (AvgIpc) is 2.95. The molecule has 1 amide bonds. The molecule has 2 N–H and O–H groups in total. The summed E-state index contributed by atoms with van der Waals surface area (Å²) in [6, 6.07) is 3.98. The van der Waals surface area contributed by atoms with Gasteiger partial charge in [0.1, 0.15) is 11.6 Å². The van der Waals surface area contributed by atoms with Crippen molar-refractivity contribution >= 4 is 17.6 Å². The molecule has 6 heteroatoms. The van der Waals surface area contributed by atoms with Crippen molar-refractivity contribution in [3.63, 3.8) is 0 Å². The van der Waals surface area contributed by atoms with Gasteiger partial charge in [0.15, 0.2) is 0 Å². The summed E-state index contributed by atoms with van der Waals surface area (Å²) in [6.07, 6.45) is 0. The molecule has 1 fully saturated rings. The minimum Gasteiger partial charge on any atom is -0.497 e. The Kier molecular flexibility index (Phi) is 3.41. The van der Waals surface area contributed by atoms with Crippen LogP contribution in [-0.2, 0) is 9.59 Å². The number of hydrogen-bond donors (Lipinski definition) is 2. The molecule has 0 saturated heterocycles. The van der Waals surface area contributed by atoms with E-state index in [0.29, 0.717) is 5.75 Å². The van der Waals surface area contributed by atoms with E-state index >= 15 is 0 Å². The Morgan fingerprint density at radius 3 is 2.50 bits per heavy atom. The highest BCUT2D eigenvalue weighted by atomic mass is 19.1. The first-order chi connectivity index (χ1) is 9.28. The molecular formula is C14H16FNO4. The van der Waals surface area contributed by atoms with E-state index in [-0.39, 0.29) is 5.69 Å². The third kappa shape index (κ3) is 2.33. The summed E-state index contributed by atoms with van der Waals surface area (Å²) in [5, 5.41) is 11.5. The number of amides is 1. The van der Waals surface area contributed by atoms with Gasteiger partial charge >= 0.3 is 5.97 Å². The van der Waals surface area contributed by atoms with Crippen LogP contribution in [0, 0.1) is 23.1 Å². The van der Waals surface area contributed by atoms with E-state index < -0.39 is 34.9 Å². The fourth-order valence-corrected chi connectivity index (χ4v) is 2.53. The zero-order chi connectivity index (χ0) is 15.1. The first-order valence-electron chi connectivity index (χ1n) is 6.16. The molecule has 1 aliphatic carbocycles. The Morgan fingerprint density at radius 2 is 2.00 bits per heavy atom. The van der Waals surface area contributed by atoms with Gasteiger partial charge < -0.3 is 15.2 Å². The molecule has 0 radical (unpaired) electrons. The van der Waals surface area contributed by atoms with E-state index in [0.717, 1.165) is 0 Å². The average molecular weight is 281 g/mol. The van der Waals surface area contributed by atoms with Gasteiger partial charge in [0, 0.05) is 6.07 Å². The Labute approximate surface area is 115 Å². The zero-order valence-electron chi connectivity index (χ0n) is 11.4. The van der Waals surface area contributed by atoms with Gasteiger partial charge in [0.2, 0.25) is 5.91 Å². The standard InChI is InChI=1S/C14H16FNO4/c1-14(2)10(11(14)13(18)19)12(17)16-9-6-7(20-3)4-5-8(9)15/h4-6,10-11H,1-3H3,(H,16,17)(H,18,19)/t10-,11+/m1/s1. The topological polar surface area (TPSA) is 75.6 Å². The van der Waals surface area contributed by atoms with Crippen molar-refractivity contribution in [2.24, 2.45) is 17.3 Å². The quantitative estimate of drug-likeness (QED) is 0.886. The second-order valence-corrected chi connectivity index (χ2v) is 5.45. The van der Waals surface area contributed by atoms with Crippen LogP contribution in [0.5, 0.6) is 5.75 Å². The van der Waals surface area contributed by atoms with E-state index in [1.807, 2.05) is 0 Å². The number of benzene rings is 1. The van der Waals surface area contributed by atoms with Gasteiger partial charge in [-0.25, -0.2) is 4.39 Å². The number of ether oxygens (including phenoxy) is 1. The van der Waals surface area contributed by atoms with E-state index in [2.05, 4.69) is 5.32 Å². The number of halogens is 1. The number of hydrogen-bond acceptors (Lipinski definition) is 3. The van der Waals surface area contributed by atoms with Crippen LogP contribution in [0.15, 0.2) is 18.2 Å². The molecule has 0 heterocycles. The Morgan fingerprint density at radius 1 is 1.35 bits per heavy atom. The third-order valence-electron chi connectivity index (χ3n) is 3.81. The molecule has 108 valence electrons. The molecule has 0 aliphatic heterocycles. The van der Waals surface area contributed by atoms with Crippen LogP contribution in [0.3, 0.4) is 0 Å². The van der Waals surface area contributed by atoms with Crippen molar-refractivity contribution in [2.45, 2.75) is 13.8 Å². The Hall–Kier alpha value is -2.11. The molecule has 1 saturated carbocycles. The van der Waals surface area contributed by atoms with E-state index in [9.17, 15) is 14.0 Å². The summed E-state index contributed by atoms with van der Waals surface area (Å²) in [7, 11) is 1.43. The van der Waals surface area contributed by atoms with Crippen molar-refractivity contribution in [1.29, 1.82) is 0 Å². The number of carboxylic acid groups (broad SMARTS) is 1. The van der Waals surface area contributed by atoms with Crippen molar-refractivity contribution in [3.05, 3.63) is 24.0 Å². The maximum absolute atomic E-state index is 13.6. The van der Waals surface area contributed by atoms with E-state index in [4.69, 9.17) is 9.84 Å². The number of rotatable bonds is 4. The number of anilines is 1. The van der Waals surface area contributed by atoms with Gasteiger partial charge in [-0.3, -0.25) is 9.59 Å². The highest BCUT2D eigenvalue weighted by molar-refractivity contribution is 5.99. The van der Waals surface area contributed by atoms with Crippen LogP contribution >= 0.6 is 0 Å². The van der Waals surface area contributed by atoms with Crippen molar-refractivity contribution in [2.75, 3.05) is 12.4 Å². The van der Waals surface area contributed by atoms with Crippen molar-refractivity contribution in [1.82, 2.24) is 0 Å². The predicted molar refractivity (Wildman–Crippen MR) is 70.0 cm³/mol. The second-order valence-electron chi connectivity index (χ2n) is 5.45. The molecule has 1 aromatic rings. The van der Waals surface area contributed by atoms with Crippen molar-refractivity contribution in [3.8, 4) is 5.75 Å². The summed E-state index contributed by atoms with van der Waals surface area (Å²) in [6.45, 7) is 3.41. The number of carbonyl (C=O) groups is 2. The molecule has 1 aromatic carbocycles. The maximum atomic E-state index is 13.6. The van der Waals surface area contributed by atoms with Gasteiger partial charge in [-0.05, 0) is 17.5 Å². The first kappa shape index (κ1) is 14.3. The third-order valence-corrected chi connectivity index (χ3v) is 3.81. The fourth-order valence-electron chi connectivity index (χ4n) is 2.53. The highest BCUT2D eigenvalue weighted by Crippen LogP contribution is 2.58. The molecule has 0 bridgehead atoms. The molecule has 0 aromatic heterocycles. The lowest BCUT2D eigenvalue weighted by molar-refractivity contribution is -0.140. The van der Waals surface area contributed by atoms with Crippen LogP contribution in [0.1, 0.15) is 13.8 Å². The lowest BCUT2D eigenvalue weighted by atomic mass is 10.1.